The highest BCUT2D eigenvalue weighted by Crippen LogP contribution is 2.49. The van der Waals surface area contributed by atoms with Crippen molar-refractivity contribution in [3.63, 3.8) is 0 Å². The molecule has 0 aliphatic carbocycles. The van der Waals surface area contributed by atoms with E-state index in [0.29, 0.717) is 15.2 Å². The minimum Gasteiger partial charge on any atom is -0.489 e. The van der Waals surface area contributed by atoms with Crippen molar-refractivity contribution in [2.24, 2.45) is 0 Å². The molecule has 0 spiro atoms. The van der Waals surface area contributed by atoms with Crippen molar-refractivity contribution in [3.05, 3.63) is 94.5 Å². The molecule has 164 valence electrons. The first-order chi connectivity index (χ1) is 14.8. The molecule has 3 aromatic rings. The number of aryl methyl sites for hydroxylation is 2. The molecule has 0 heterocycles. The van der Waals surface area contributed by atoms with Crippen molar-refractivity contribution >= 4 is 13.9 Å². The maximum atomic E-state index is 10.4. The van der Waals surface area contributed by atoms with Crippen LogP contribution in [0.15, 0.2) is 66.7 Å². The molecule has 3 unspecified atom stereocenters. The Morgan fingerprint density at radius 3 is 2.32 bits per heavy atom. The fourth-order valence-corrected chi connectivity index (χ4v) is 6.03. The summed E-state index contributed by atoms with van der Waals surface area (Å²) in [6.07, 6.45) is 1.68. The summed E-state index contributed by atoms with van der Waals surface area (Å²) in [5, 5.41) is 11.6. The van der Waals surface area contributed by atoms with Crippen LogP contribution >= 0.6 is 8.58 Å². The van der Waals surface area contributed by atoms with Gasteiger partial charge in [0.05, 0.1) is 6.10 Å². The highest BCUT2D eigenvalue weighted by atomic mass is 31.1. The molecule has 0 bridgehead atoms. The summed E-state index contributed by atoms with van der Waals surface area (Å²) < 4.78 is 6.36. The lowest BCUT2D eigenvalue weighted by Gasteiger charge is -2.33. The molecule has 1 N–H and O–H groups in total. The van der Waals surface area contributed by atoms with Crippen LogP contribution in [0.25, 0.3) is 0 Å². The number of aliphatic hydroxyl groups excluding tert-OH is 1. The summed E-state index contributed by atoms with van der Waals surface area (Å²) in [7, 11) is 0.544. The van der Waals surface area contributed by atoms with Gasteiger partial charge in [0.2, 0.25) is 0 Å². The predicted molar refractivity (Wildman–Crippen MR) is 134 cm³/mol. The van der Waals surface area contributed by atoms with E-state index in [1.807, 2.05) is 25.1 Å². The van der Waals surface area contributed by atoms with Crippen molar-refractivity contribution < 1.29 is 9.84 Å². The van der Waals surface area contributed by atoms with Gasteiger partial charge < -0.3 is 9.84 Å². The topological polar surface area (TPSA) is 29.5 Å². The first-order valence-electron chi connectivity index (χ1n) is 11.2. The van der Waals surface area contributed by atoms with Gasteiger partial charge in [-0.05, 0) is 49.7 Å². The van der Waals surface area contributed by atoms with Crippen LogP contribution in [0.5, 0.6) is 5.75 Å². The van der Waals surface area contributed by atoms with Crippen molar-refractivity contribution in [2.45, 2.75) is 65.3 Å². The fraction of sp³-hybridized carbons (Fsp3) is 0.357. The van der Waals surface area contributed by atoms with Crippen molar-refractivity contribution in [2.75, 3.05) is 0 Å². The van der Waals surface area contributed by atoms with Crippen LogP contribution in [0.2, 0.25) is 0 Å². The highest BCUT2D eigenvalue weighted by molar-refractivity contribution is 7.48. The van der Waals surface area contributed by atoms with Gasteiger partial charge in [0.1, 0.15) is 12.4 Å². The minimum atomic E-state index is -0.473. The van der Waals surface area contributed by atoms with Crippen molar-refractivity contribution in [3.8, 4) is 5.75 Å². The molecule has 3 aromatic carbocycles. The number of hydrogen-bond acceptors (Lipinski definition) is 2. The predicted octanol–water partition coefficient (Wildman–Crippen LogP) is 6.96. The van der Waals surface area contributed by atoms with Gasteiger partial charge in [0, 0.05) is 10.7 Å². The Labute approximate surface area is 189 Å². The highest BCUT2D eigenvalue weighted by Gasteiger charge is 2.31. The smallest absolute Gasteiger partial charge is 0.123 e. The van der Waals surface area contributed by atoms with Gasteiger partial charge in [-0.3, -0.25) is 0 Å². The number of ether oxygens (including phenoxy) is 1. The van der Waals surface area contributed by atoms with Crippen LogP contribution in [-0.2, 0) is 11.8 Å². The van der Waals surface area contributed by atoms with E-state index in [2.05, 4.69) is 76.2 Å². The average molecular weight is 435 g/mol. The average Bonchev–Trinajstić information content (AvgIpc) is 2.75. The van der Waals surface area contributed by atoms with Crippen LogP contribution in [0, 0.1) is 13.8 Å². The Bertz CT molecular complexity index is 997. The van der Waals surface area contributed by atoms with Gasteiger partial charge in [-0.25, -0.2) is 0 Å². The van der Waals surface area contributed by atoms with Gasteiger partial charge in [0.25, 0.3) is 0 Å². The van der Waals surface area contributed by atoms with E-state index in [1.54, 1.807) is 0 Å². The molecule has 0 aromatic heterocycles. The summed E-state index contributed by atoms with van der Waals surface area (Å²) in [5.41, 5.74) is 5.90. The third kappa shape index (κ3) is 5.97. The summed E-state index contributed by atoms with van der Waals surface area (Å²) in [6, 6.07) is 23.3. The molecule has 0 aliphatic rings. The zero-order valence-corrected chi connectivity index (χ0v) is 20.4. The third-order valence-corrected chi connectivity index (χ3v) is 7.58. The maximum absolute atomic E-state index is 10.4. The van der Waals surface area contributed by atoms with E-state index < -0.39 is 6.10 Å². The van der Waals surface area contributed by atoms with E-state index in [4.69, 9.17) is 4.74 Å². The Morgan fingerprint density at radius 2 is 1.65 bits per heavy atom. The molecule has 0 saturated heterocycles. The lowest BCUT2D eigenvalue weighted by molar-refractivity contribution is 0.200. The first-order valence-corrected chi connectivity index (χ1v) is 12.2. The van der Waals surface area contributed by atoms with Crippen LogP contribution < -0.4 is 10.0 Å². The van der Waals surface area contributed by atoms with Crippen LogP contribution in [0.4, 0.5) is 0 Å². The molecule has 0 aliphatic heterocycles. The number of rotatable bonds is 9. The number of aliphatic hydroxyl groups is 1. The summed E-state index contributed by atoms with van der Waals surface area (Å²) in [4.78, 5) is 0. The zero-order chi connectivity index (χ0) is 22.4. The SMILES string of the molecule is CCCC(C)(Pc1ccc(C)cc1C(C)O)c1cc(C)ccc1OCc1ccccc1. The zero-order valence-electron chi connectivity index (χ0n) is 19.4. The van der Waals surface area contributed by atoms with Crippen LogP contribution in [-0.4, -0.2) is 5.11 Å². The molecule has 3 rings (SSSR count). The molecular weight excluding hydrogens is 399 g/mol. The van der Waals surface area contributed by atoms with Crippen LogP contribution in [0.1, 0.15) is 67.5 Å². The second kappa shape index (κ2) is 10.4. The van der Waals surface area contributed by atoms with Gasteiger partial charge in [-0.15, -0.1) is 0 Å². The van der Waals surface area contributed by atoms with Gasteiger partial charge in [0.15, 0.2) is 0 Å². The van der Waals surface area contributed by atoms with Gasteiger partial charge >= 0.3 is 0 Å². The fourth-order valence-electron chi connectivity index (χ4n) is 4.14. The van der Waals surface area contributed by atoms with Crippen molar-refractivity contribution in [1.82, 2.24) is 0 Å². The van der Waals surface area contributed by atoms with Gasteiger partial charge in [-0.2, -0.15) is 0 Å². The maximum Gasteiger partial charge on any atom is 0.123 e. The summed E-state index contributed by atoms with van der Waals surface area (Å²) >= 11 is 0. The van der Waals surface area contributed by atoms with E-state index in [0.717, 1.165) is 24.2 Å². The molecule has 0 saturated carbocycles. The molecule has 31 heavy (non-hydrogen) atoms. The monoisotopic (exact) mass is 434 g/mol. The normalized spacial score (nSPS) is 14.5. The largest absolute Gasteiger partial charge is 0.489 e. The second-order valence-corrected chi connectivity index (χ2v) is 10.6. The first kappa shape index (κ1) is 23.5. The quantitative estimate of drug-likeness (QED) is 0.369. The van der Waals surface area contributed by atoms with E-state index >= 15 is 0 Å². The summed E-state index contributed by atoms with van der Waals surface area (Å²) in [6.45, 7) is 11.2. The molecule has 3 heteroatoms. The molecule has 0 radical (unpaired) electrons. The standard InChI is InChI=1S/C28H35O2P/c1-6-16-28(5,31-27-15-13-20(2)17-24(27)22(4)29)25-18-21(3)12-14-26(25)30-19-23-10-8-7-9-11-23/h7-15,17-18,22,29,31H,6,16,19H2,1-5H3. The lowest BCUT2D eigenvalue weighted by Crippen LogP contribution is -2.22. The van der Waals surface area contributed by atoms with Crippen molar-refractivity contribution in [1.29, 1.82) is 0 Å². The van der Waals surface area contributed by atoms with Gasteiger partial charge in [-0.1, -0.05) is 101 Å². The second-order valence-electron chi connectivity index (χ2n) is 8.75. The van der Waals surface area contributed by atoms with E-state index in [1.165, 1.54) is 27.6 Å². The Morgan fingerprint density at radius 1 is 0.968 bits per heavy atom. The molecular formula is C28H35O2P. The minimum absolute atomic E-state index is 0.0638. The Hall–Kier alpha value is -2.15. The van der Waals surface area contributed by atoms with E-state index in [-0.39, 0.29) is 5.16 Å². The molecule has 0 fully saturated rings. The molecule has 3 atom stereocenters. The third-order valence-electron chi connectivity index (χ3n) is 5.78. The Balaban J connectivity index is 1.99. The van der Waals surface area contributed by atoms with E-state index in [9.17, 15) is 5.11 Å². The Kier molecular flexibility index (Phi) is 7.92. The summed E-state index contributed by atoms with van der Waals surface area (Å²) in [5.74, 6) is 0.962. The molecule has 2 nitrogen and oxygen atoms in total. The van der Waals surface area contributed by atoms with Crippen LogP contribution in [0.3, 0.4) is 0 Å². The number of benzene rings is 3. The number of hydrogen-bond donors (Lipinski definition) is 1. The lowest BCUT2D eigenvalue weighted by atomic mass is 9.93. The molecule has 0 amide bonds.